The van der Waals surface area contributed by atoms with E-state index in [0.717, 1.165) is 21.9 Å². The molecule has 0 fully saturated rings. The number of rotatable bonds is 3. The van der Waals surface area contributed by atoms with Crippen LogP contribution in [0.4, 0.5) is 5.69 Å². The van der Waals surface area contributed by atoms with Crippen LogP contribution in [-0.2, 0) is 0 Å². The molecule has 7 nitrogen and oxygen atoms in total. The molecule has 1 aromatic carbocycles. The predicted molar refractivity (Wildman–Crippen MR) is 79.1 cm³/mol. The van der Waals surface area contributed by atoms with Crippen molar-refractivity contribution < 1.29 is 14.8 Å². The van der Waals surface area contributed by atoms with E-state index >= 15 is 0 Å². The van der Waals surface area contributed by atoms with Crippen LogP contribution in [0.15, 0.2) is 16.6 Å². The lowest BCUT2D eigenvalue weighted by Crippen LogP contribution is -2.08. The van der Waals surface area contributed by atoms with Crippen molar-refractivity contribution in [2.75, 3.05) is 0 Å². The Morgan fingerprint density at radius 2 is 2.00 bits per heavy atom. The van der Waals surface area contributed by atoms with Gasteiger partial charge in [-0.25, -0.2) is 9.48 Å². The highest BCUT2D eigenvalue weighted by Crippen LogP contribution is 2.30. The Bertz CT molecular complexity index is 767. The predicted octanol–water partition coefficient (Wildman–Crippen LogP) is 3.17. The average molecular weight is 354 g/mol. The summed E-state index contributed by atoms with van der Waals surface area (Å²) in [7, 11) is 0. The topological polar surface area (TPSA) is 98.3 Å². The first kappa shape index (κ1) is 15.2. The smallest absolute Gasteiger partial charge is 0.336 e. The maximum absolute atomic E-state index is 11.2. The van der Waals surface area contributed by atoms with Gasteiger partial charge in [0.2, 0.25) is 0 Å². The molecule has 0 aliphatic rings. The minimum absolute atomic E-state index is 0.147. The summed E-state index contributed by atoms with van der Waals surface area (Å²) in [5, 5.41) is 24.5. The Morgan fingerprint density at radius 3 is 2.43 bits per heavy atom. The van der Waals surface area contributed by atoms with Crippen LogP contribution in [-0.4, -0.2) is 25.8 Å². The van der Waals surface area contributed by atoms with Crippen LogP contribution in [0.1, 0.15) is 27.3 Å². The number of hydrogen-bond acceptors (Lipinski definition) is 4. The fourth-order valence-electron chi connectivity index (χ4n) is 2.08. The third-order valence-electron chi connectivity index (χ3n) is 3.23. The van der Waals surface area contributed by atoms with Crippen LogP contribution in [0.5, 0.6) is 0 Å². The van der Waals surface area contributed by atoms with E-state index in [9.17, 15) is 14.9 Å². The molecule has 0 atom stereocenters. The van der Waals surface area contributed by atoms with Gasteiger partial charge in [0, 0.05) is 6.07 Å². The zero-order valence-corrected chi connectivity index (χ0v) is 13.1. The third-order valence-corrected chi connectivity index (χ3v) is 4.38. The molecule has 2 aromatic rings. The number of nitro benzene ring substituents is 1. The van der Waals surface area contributed by atoms with E-state index in [1.54, 1.807) is 20.8 Å². The number of benzene rings is 1. The number of nitro groups is 1. The van der Waals surface area contributed by atoms with Crippen molar-refractivity contribution in [3.63, 3.8) is 0 Å². The maximum atomic E-state index is 11.2. The summed E-state index contributed by atoms with van der Waals surface area (Å²) in [6.07, 6.45) is 0. The quantitative estimate of drug-likeness (QED) is 0.674. The number of carboxylic acid groups (broad SMARTS) is 1. The summed E-state index contributed by atoms with van der Waals surface area (Å²) in [4.78, 5) is 21.7. The Hall–Kier alpha value is -2.22. The zero-order valence-electron chi connectivity index (χ0n) is 11.5. The van der Waals surface area contributed by atoms with Crippen LogP contribution in [0.2, 0.25) is 0 Å². The Balaban J connectivity index is 2.81. The zero-order chi connectivity index (χ0) is 15.9. The van der Waals surface area contributed by atoms with E-state index in [1.165, 1.54) is 10.7 Å². The number of aromatic carboxylic acids is 1. The van der Waals surface area contributed by atoms with Crippen LogP contribution in [0, 0.1) is 30.9 Å². The van der Waals surface area contributed by atoms with Crippen LogP contribution in [0.25, 0.3) is 5.69 Å². The van der Waals surface area contributed by atoms with Gasteiger partial charge in [0.25, 0.3) is 5.69 Å². The molecule has 1 N–H and O–H groups in total. The summed E-state index contributed by atoms with van der Waals surface area (Å²) < 4.78 is 2.29. The highest BCUT2D eigenvalue weighted by molar-refractivity contribution is 9.10. The minimum Gasteiger partial charge on any atom is -0.478 e. The molecule has 0 spiro atoms. The van der Waals surface area contributed by atoms with Gasteiger partial charge in [0.05, 0.1) is 37.6 Å². The van der Waals surface area contributed by atoms with Crippen LogP contribution >= 0.6 is 15.9 Å². The minimum atomic E-state index is -1.22. The van der Waals surface area contributed by atoms with Crippen molar-refractivity contribution in [1.29, 1.82) is 0 Å². The fraction of sp³-hybridized carbons (Fsp3) is 0.231. The monoisotopic (exact) mass is 353 g/mol. The molecule has 0 unspecified atom stereocenters. The van der Waals surface area contributed by atoms with Gasteiger partial charge < -0.3 is 5.11 Å². The molecule has 0 aliphatic carbocycles. The van der Waals surface area contributed by atoms with Gasteiger partial charge in [-0.05, 0) is 42.8 Å². The average Bonchev–Trinajstić information content (AvgIpc) is 2.66. The molecule has 8 heteroatoms. The first-order valence-electron chi connectivity index (χ1n) is 5.98. The molecule has 1 aromatic heterocycles. The third kappa shape index (κ3) is 2.54. The lowest BCUT2D eigenvalue weighted by atomic mass is 10.1. The van der Waals surface area contributed by atoms with Crippen molar-refractivity contribution in [3.05, 3.63) is 49.2 Å². The van der Waals surface area contributed by atoms with E-state index in [2.05, 4.69) is 21.0 Å². The molecule has 1 heterocycles. The fourth-order valence-corrected chi connectivity index (χ4v) is 2.32. The number of carboxylic acids is 1. The Labute approximate surface area is 128 Å². The molecule has 0 aliphatic heterocycles. The van der Waals surface area contributed by atoms with Crippen LogP contribution in [0.3, 0.4) is 0 Å². The lowest BCUT2D eigenvalue weighted by molar-refractivity contribution is -0.385. The van der Waals surface area contributed by atoms with Gasteiger partial charge in [-0.15, -0.1) is 0 Å². The molecule has 0 amide bonds. The molecule has 0 radical (unpaired) electrons. The largest absolute Gasteiger partial charge is 0.478 e. The standard InChI is InChI=1S/C13H12BrN3O4/c1-6-10(16-8(3)12(14)7(2)15-16)4-9(13(18)19)5-11(6)17(20)21/h4-5H,1-3H3,(H,18,19). The highest BCUT2D eigenvalue weighted by atomic mass is 79.9. The van der Waals surface area contributed by atoms with E-state index in [0.29, 0.717) is 11.3 Å². The van der Waals surface area contributed by atoms with Crippen molar-refractivity contribution in [2.45, 2.75) is 20.8 Å². The summed E-state index contributed by atoms with van der Waals surface area (Å²) >= 11 is 3.38. The van der Waals surface area contributed by atoms with Gasteiger partial charge in [-0.2, -0.15) is 5.10 Å². The molecule has 0 saturated carbocycles. The second-order valence-electron chi connectivity index (χ2n) is 4.60. The highest BCUT2D eigenvalue weighted by Gasteiger charge is 2.22. The Kier molecular flexibility index (Phi) is 3.82. The van der Waals surface area contributed by atoms with Gasteiger partial charge in [-0.3, -0.25) is 10.1 Å². The summed E-state index contributed by atoms with van der Waals surface area (Å²) in [6, 6.07) is 2.44. The molecule has 0 saturated heterocycles. The van der Waals surface area contributed by atoms with Crippen molar-refractivity contribution in [1.82, 2.24) is 9.78 Å². The van der Waals surface area contributed by atoms with Gasteiger partial charge >= 0.3 is 5.97 Å². The van der Waals surface area contributed by atoms with Gasteiger partial charge in [0.1, 0.15) is 0 Å². The van der Waals surface area contributed by atoms with E-state index in [-0.39, 0.29) is 11.3 Å². The van der Waals surface area contributed by atoms with E-state index < -0.39 is 10.9 Å². The normalized spacial score (nSPS) is 10.7. The lowest BCUT2D eigenvalue weighted by Gasteiger charge is -2.10. The van der Waals surface area contributed by atoms with E-state index in [4.69, 9.17) is 5.11 Å². The summed E-state index contributed by atoms with van der Waals surface area (Å²) in [5.41, 5.74) is 1.82. The number of aryl methyl sites for hydroxylation is 1. The van der Waals surface area contributed by atoms with Crippen LogP contribution < -0.4 is 0 Å². The second-order valence-corrected chi connectivity index (χ2v) is 5.39. The number of carbonyl (C=O) groups is 1. The maximum Gasteiger partial charge on any atom is 0.336 e. The number of nitrogens with zero attached hydrogens (tertiary/aromatic N) is 3. The Morgan fingerprint density at radius 1 is 1.38 bits per heavy atom. The van der Waals surface area contributed by atoms with E-state index in [1.807, 2.05) is 0 Å². The number of halogens is 1. The van der Waals surface area contributed by atoms with Gasteiger partial charge in [-0.1, -0.05) is 0 Å². The summed E-state index contributed by atoms with van der Waals surface area (Å²) in [6.45, 7) is 5.16. The first-order valence-corrected chi connectivity index (χ1v) is 6.77. The SMILES string of the molecule is Cc1nn(-c2cc(C(=O)O)cc([N+](=O)[O-])c2C)c(C)c1Br. The number of aromatic nitrogens is 2. The summed E-state index contributed by atoms with van der Waals surface area (Å²) in [5.74, 6) is -1.22. The number of hydrogen-bond donors (Lipinski definition) is 1. The molecule has 0 bridgehead atoms. The van der Waals surface area contributed by atoms with Crippen molar-refractivity contribution in [2.24, 2.45) is 0 Å². The molecule has 2 rings (SSSR count). The molecular formula is C13H12BrN3O4. The van der Waals surface area contributed by atoms with Crippen molar-refractivity contribution in [3.8, 4) is 5.69 Å². The molecule has 110 valence electrons. The molecule has 21 heavy (non-hydrogen) atoms. The first-order chi connectivity index (χ1) is 9.73. The van der Waals surface area contributed by atoms with Crippen molar-refractivity contribution >= 4 is 27.6 Å². The molecular weight excluding hydrogens is 342 g/mol. The second kappa shape index (κ2) is 5.28. The van der Waals surface area contributed by atoms with Gasteiger partial charge in [0.15, 0.2) is 0 Å².